The smallest absolute Gasteiger partial charge is 0.252 e. The summed E-state index contributed by atoms with van der Waals surface area (Å²) in [6, 6.07) is 8.72. The van der Waals surface area contributed by atoms with E-state index in [9.17, 15) is 8.42 Å². The molecule has 0 aliphatic heterocycles. The van der Waals surface area contributed by atoms with Crippen molar-refractivity contribution < 1.29 is 8.42 Å². The molecule has 2 rings (SSSR count). The van der Waals surface area contributed by atoms with Crippen molar-refractivity contribution in [2.75, 3.05) is 20.6 Å². The van der Waals surface area contributed by atoms with Crippen LogP contribution in [-0.2, 0) is 23.1 Å². The Bertz CT molecular complexity index is 911. The summed E-state index contributed by atoms with van der Waals surface area (Å²) < 4.78 is 25.8. The summed E-state index contributed by atoms with van der Waals surface area (Å²) in [6.07, 6.45) is 0. The lowest BCUT2D eigenvalue weighted by atomic mass is 10.2. The van der Waals surface area contributed by atoms with Gasteiger partial charge in [-0.1, -0.05) is 29.3 Å². The Morgan fingerprint density at radius 1 is 1.19 bits per heavy atom. The molecule has 0 saturated carbocycles. The first kappa shape index (κ1) is 22.0. The van der Waals surface area contributed by atoms with Gasteiger partial charge in [-0.3, -0.25) is 0 Å². The molecule has 0 unspecified atom stereocenters. The molecular weight excluding hydrogens is 427 g/mol. The molecule has 0 aliphatic rings. The molecule has 0 amide bonds. The van der Waals surface area contributed by atoms with E-state index in [1.165, 1.54) is 29.7 Å². The molecule has 0 fully saturated rings. The summed E-state index contributed by atoms with van der Waals surface area (Å²) in [5.74, 6) is 0.619. The summed E-state index contributed by atoms with van der Waals surface area (Å²) in [4.78, 5) is 5.41. The van der Waals surface area contributed by atoms with Crippen LogP contribution in [0.1, 0.15) is 17.4 Å². The van der Waals surface area contributed by atoms with Crippen molar-refractivity contribution in [3.63, 3.8) is 0 Å². The summed E-state index contributed by atoms with van der Waals surface area (Å²) in [5.41, 5.74) is 0.869. The second-order valence-electron chi connectivity index (χ2n) is 5.79. The lowest BCUT2D eigenvalue weighted by Crippen LogP contribution is -2.36. The zero-order valence-corrected chi connectivity index (χ0v) is 18.4. The summed E-state index contributed by atoms with van der Waals surface area (Å²) >= 11 is 13.3. The molecule has 10 heteroatoms. The maximum Gasteiger partial charge on any atom is 0.252 e. The van der Waals surface area contributed by atoms with Crippen LogP contribution in [0.15, 0.2) is 39.5 Å². The highest BCUT2D eigenvalue weighted by molar-refractivity contribution is 7.91. The van der Waals surface area contributed by atoms with Gasteiger partial charge in [0, 0.05) is 35.6 Å². The molecule has 0 radical (unpaired) electrons. The topological polar surface area (TPSA) is 73.8 Å². The van der Waals surface area contributed by atoms with Crippen LogP contribution in [0.3, 0.4) is 0 Å². The van der Waals surface area contributed by atoms with Gasteiger partial charge in [-0.2, -0.15) is 0 Å². The lowest BCUT2D eigenvalue weighted by molar-refractivity contribution is 0.523. The van der Waals surface area contributed by atoms with Gasteiger partial charge in [-0.05, 0) is 36.8 Å². The third-order valence-electron chi connectivity index (χ3n) is 3.57. The fourth-order valence-corrected chi connectivity index (χ4v) is 5.03. The van der Waals surface area contributed by atoms with Crippen molar-refractivity contribution in [2.45, 2.75) is 24.2 Å². The minimum Gasteiger partial charge on any atom is -0.357 e. The number of guanidine groups is 1. The largest absolute Gasteiger partial charge is 0.357 e. The van der Waals surface area contributed by atoms with E-state index in [4.69, 9.17) is 23.2 Å². The first-order chi connectivity index (χ1) is 12.7. The molecular formula is C17H22Cl2N4O2S2. The molecule has 2 aromatic rings. The monoisotopic (exact) mass is 448 g/mol. The highest BCUT2D eigenvalue weighted by Gasteiger charge is 2.19. The molecule has 27 heavy (non-hydrogen) atoms. The SMILES string of the molecule is CCNC(=NCc1ccc(Cl)cc1Cl)NCc1ccc(S(=O)(=O)N(C)C)s1. The third kappa shape index (κ3) is 6.08. The van der Waals surface area contributed by atoms with E-state index in [1.54, 1.807) is 24.3 Å². The second kappa shape index (κ2) is 9.75. The molecule has 1 aromatic carbocycles. The van der Waals surface area contributed by atoms with Gasteiger partial charge in [0.15, 0.2) is 5.96 Å². The Labute approximate surface area is 174 Å². The maximum atomic E-state index is 12.2. The summed E-state index contributed by atoms with van der Waals surface area (Å²) in [5, 5.41) is 7.51. The molecule has 2 N–H and O–H groups in total. The Hall–Kier alpha value is -1.32. The lowest BCUT2D eigenvalue weighted by Gasteiger charge is -2.11. The number of benzene rings is 1. The second-order valence-corrected chi connectivity index (χ2v) is 10.2. The van der Waals surface area contributed by atoms with Crippen molar-refractivity contribution >= 4 is 50.5 Å². The summed E-state index contributed by atoms with van der Waals surface area (Å²) in [7, 11) is -0.369. The van der Waals surface area contributed by atoms with E-state index in [0.717, 1.165) is 10.4 Å². The average molecular weight is 449 g/mol. The van der Waals surface area contributed by atoms with Gasteiger partial charge in [0.2, 0.25) is 0 Å². The Kier molecular flexibility index (Phi) is 7.93. The number of halogens is 2. The molecule has 6 nitrogen and oxygen atoms in total. The molecule has 0 atom stereocenters. The Morgan fingerprint density at radius 2 is 1.93 bits per heavy atom. The molecule has 0 saturated heterocycles. The van der Waals surface area contributed by atoms with Crippen LogP contribution >= 0.6 is 34.5 Å². The van der Waals surface area contributed by atoms with Gasteiger partial charge < -0.3 is 10.6 Å². The van der Waals surface area contributed by atoms with E-state index in [1.807, 2.05) is 13.0 Å². The van der Waals surface area contributed by atoms with E-state index in [2.05, 4.69) is 15.6 Å². The normalized spacial score (nSPS) is 12.4. The molecule has 0 aliphatic carbocycles. The number of thiophene rings is 1. The number of sulfonamides is 1. The maximum absolute atomic E-state index is 12.2. The van der Waals surface area contributed by atoms with Crippen molar-refractivity contribution in [1.29, 1.82) is 0 Å². The first-order valence-electron chi connectivity index (χ1n) is 8.21. The molecule has 1 heterocycles. The predicted octanol–water partition coefficient (Wildman–Crippen LogP) is 3.56. The van der Waals surface area contributed by atoms with Crippen molar-refractivity contribution in [1.82, 2.24) is 14.9 Å². The van der Waals surface area contributed by atoms with Crippen LogP contribution in [0.2, 0.25) is 10.0 Å². The van der Waals surface area contributed by atoms with Gasteiger partial charge in [0.1, 0.15) is 4.21 Å². The van der Waals surface area contributed by atoms with Gasteiger partial charge in [0.25, 0.3) is 10.0 Å². The van der Waals surface area contributed by atoms with Crippen LogP contribution in [0.5, 0.6) is 0 Å². The van der Waals surface area contributed by atoms with Crippen molar-refractivity contribution in [3.05, 3.63) is 50.8 Å². The molecule has 148 valence electrons. The zero-order valence-electron chi connectivity index (χ0n) is 15.3. The number of hydrogen-bond acceptors (Lipinski definition) is 4. The molecule has 0 bridgehead atoms. The fraction of sp³-hybridized carbons (Fsp3) is 0.353. The number of aliphatic imine (C=N–C) groups is 1. The summed E-state index contributed by atoms with van der Waals surface area (Å²) in [6.45, 7) is 3.54. The minimum absolute atomic E-state index is 0.319. The highest BCUT2D eigenvalue weighted by Crippen LogP contribution is 2.24. The van der Waals surface area contributed by atoms with Crippen LogP contribution in [0.4, 0.5) is 0 Å². The van der Waals surface area contributed by atoms with Gasteiger partial charge in [-0.15, -0.1) is 11.3 Å². The van der Waals surface area contributed by atoms with E-state index in [-0.39, 0.29) is 0 Å². The van der Waals surface area contributed by atoms with Crippen LogP contribution < -0.4 is 10.6 Å². The third-order valence-corrected chi connectivity index (χ3v) is 7.52. The fourth-order valence-electron chi connectivity index (χ4n) is 2.10. The van der Waals surface area contributed by atoms with Gasteiger partial charge in [0.05, 0.1) is 13.1 Å². The predicted molar refractivity (Wildman–Crippen MR) is 113 cm³/mol. The van der Waals surface area contributed by atoms with Crippen LogP contribution in [0, 0.1) is 0 Å². The highest BCUT2D eigenvalue weighted by atomic mass is 35.5. The number of rotatable bonds is 7. The average Bonchev–Trinajstić information content (AvgIpc) is 3.08. The van der Waals surface area contributed by atoms with Crippen LogP contribution in [-0.4, -0.2) is 39.3 Å². The van der Waals surface area contributed by atoms with Crippen molar-refractivity contribution in [2.24, 2.45) is 4.99 Å². The number of nitrogens with zero attached hydrogens (tertiary/aromatic N) is 2. The minimum atomic E-state index is -3.41. The number of hydrogen-bond donors (Lipinski definition) is 2. The van der Waals surface area contributed by atoms with E-state index >= 15 is 0 Å². The zero-order chi connectivity index (χ0) is 20.0. The number of nitrogens with one attached hydrogen (secondary N) is 2. The standard InChI is InChI=1S/C17H22Cl2N4O2S2/c1-4-20-17(21-10-12-5-6-13(18)9-15(12)19)22-11-14-7-8-16(26-14)27(24,25)23(2)3/h5-9H,4,10-11H2,1-3H3,(H2,20,21,22). The molecule has 1 aromatic heterocycles. The van der Waals surface area contributed by atoms with E-state index < -0.39 is 10.0 Å². The van der Waals surface area contributed by atoms with Gasteiger partial charge in [-0.25, -0.2) is 17.7 Å². The quantitative estimate of drug-likeness (QED) is 0.501. The molecule has 0 spiro atoms. The van der Waals surface area contributed by atoms with E-state index in [0.29, 0.717) is 39.8 Å². The first-order valence-corrected chi connectivity index (χ1v) is 11.2. The van der Waals surface area contributed by atoms with Gasteiger partial charge >= 0.3 is 0 Å². The van der Waals surface area contributed by atoms with Crippen LogP contribution in [0.25, 0.3) is 0 Å². The van der Waals surface area contributed by atoms with Crippen molar-refractivity contribution in [3.8, 4) is 0 Å². The Morgan fingerprint density at radius 3 is 2.56 bits per heavy atom. The Balaban J connectivity index is 2.05.